The van der Waals surface area contributed by atoms with E-state index in [2.05, 4.69) is 41.8 Å². The first kappa shape index (κ1) is 13.9. The van der Waals surface area contributed by atoms with Crippen molar-refractivity contribution in [2.24, 2.45) is 0 Å². The fourth-order valence-corrected chi connectivity index (χ4v) is 2.26. The molecule has 0 atom stereocenters. The minimum Gasteiger partial charge on any atom is -0.419 e. The molecule has 0 aliphatic heterocycles. The van der Waals surface area contributed by atoms with Gasteiger partial charge < -0.3 is 9.73 Å². The molecule has 21 heavy (non-hydrogen) atoms. The van der Waals surface area contributed by atoms with Crippen LogP contribution in [-0.4, -0.2) is 31.7 Å². The van der Waals surface area contributed by atoms with Crippen molar-refractivity contribution in [2.45, 2.75) is 13.1 Å². The number of nitrogens with one attached hydrogen (secondary N) is 1. The summed E-state index contributed by atoms with van der Waals surface area (Å²) in [5.41, 5.74) is 0.888. The highest BCUT2D eigenvalue weighted by atomic mass is 79.9. The number of nitrogens with zero attached hydrogens (tertiary/aromatic N) is 5. The van der Waals surface area contributed by atoms with Crippen LogP contribution < -0.4 is 5.32 Å². The second-order valence-electron chi connectivity index (χ2n) is 4.32. The van der Waals surface area contributed by atoms with Gasteiger partial charge >= 0.3 is 0 Å². The van der Waals surface area contributed by atoms with Gasteiger partial charge in [0.15, 0.2) is 0 Å². The van der Waals surface area contributed by atoms with Crippen molar-refractivity contribution in [1.29, 1.82) is 0 Å². The zero-order valence-electron chi connectivity index (χ0n) is 11.1. The summed E-state index contributed by atoms with van der Waals surface area (Å²) >= 11 is 3.47. The van der Waals surface area contributed by atoms with Gasteiger partial charge in [0.05, 0.1) is 24.8 Å². The molecule has 3 aromatic rings. The van der Waals surface area contributed by atoms with Crippen LogP contribution in [0.3, 0.4) is 0 Å². The van der Waals surface area contributed by atoms with E-state index >= 15 is 0 Å². The molecule has 2 aromatic heterocycles. The number of hydrogen-bond donors (Lipinski definition) is 1. The first-order valence-corrected chi connectivity index (χ1v) is 7.24. The maximum atomic E-state index is 5.64. The van der Waals surface area contributed by atoms with Crippen LogP contribution in [0.1, 0.15) is 5.89 Å². The molecular formula is C13H13BrN6O. The van der Waals surface area contributed by atoms with Crippen LogP contribution >= 0.6 is 15.9 Å². The highest BCUT2D eigenvalue weighted by Gasteiger charge is 2.10. The third kappa shape index (κ3) is 3.53. The molecule has 0 unspecified atom stereocenters. The molecule has 1 N–H and O–H groups in total. The fraction of sp³-hybridized carbons (Fsp3) is 0.231. The van der Waals surface area contributed by atoms with E-state index in [9.17, 15) is 0 Å². The Labute approximate surface area is 129 Å². The number of hydrogen-bond acceptors (Lipinski definition) is 6. The molecule has 0 fully saturated rings. The van der Waals surface area contributed by atoms with E-state index in [1.165, 1.54) is 0 Å². The van der Waals surface area contributed by atoms with Crippen molar-refractivity contribution >= 4 is 15.9 Å². The Balaban J connectivity index is 1.55. The van der Waals surface area contributed by atoms with Crippen molar-refractivity contribution in [1.82, 2.24) is 30.5 Å². The number of rotatable bonds is 6. The van der Waals surface area contributed by atoms with E-state index in [4.69, 9.17) is 4.42 Å². The Morgan fingerprint density at radius 2 is 2.14 bits per heavy atom. The fourth-order valence-electron chi connectivity index (χ4n) is 1.81. The van der Waals surface area contributed by atoms with E-state index in [0.29, 0.717) is 18.3 Å². The average Bonchev–Trinajstić information content (AvgIpc) is 3.16. The second kappa shape index (κ2) is 6.59. The monoisotopic (exact) mass is 348 g/mol. The highest BCUT2D eigenvalue weighted by molar-refractivity contribution is 9.10. The smallest absolute Gasteiger partial charge is 0.248 e. The summed E-state index contributed by atoms with van der Waals surface area (Å²) in [6.45, 7) is 2.01. The van der Waals surface area contributed by atoms with Crippen LogP contribution in [-0.2, 0) is 13.1 Å². The van der Waals surface area contributed by atoms with Gasteiger partial charge in [-0.15, -0.1) is 15.3 Å². The van der Waals surface area contributed by atoms with E-state index in [1.54, 1.807) is 10.9 Å². The predicted octanol–water partition coefficient (Wildman–Crippen LogP) is 1.88. The molecular weight excluding hydrogens is 336 g/mol. The summed E-state index contributed by atoms with van der Waals surface area (Å²) in [4.78, 5) is 0. The minimum atomic E-state index is 0.510. The summed E-state index contributed by atoms with van der Waals surface area (Å²) in [5, 5.41) is 18.9. The molecule has 7 nitrogen and oxygen atoms in total. The molecule has 0 amide bonds. The van der Waals surface area contributed by atoms with Crippen molar-refractivity contribution < 1.29 is 4.42 Å². The zero-order chi connectivity index (χ0) is 14.5. The van der Waals surface area contributed by atoms with E-state index in [1.807, 2.05) is 30.5 Å². The van der Waals surface area contributed by atoms with Gasteiger partial charge in [0.25, 0.3) is 0 Å². The molecule has 0 aliphatic rings. The molecule has 0 aliphatic carbocycles. The maximum absolute atomic E-state index is 5.64. The molecule has 0 saturated heterocycles. The normalized spacial score (nSPS) is 10.9. The van der Waals surface area contributed by atoms with Crippen LogP contribution in [0.2, 0.25) is 0 Å². The summed E-state index contributed by atoms with van der Waals surface area (Å²) in [6.07, 6.45) is 3.47. The topological polar surface area (TPSA) is 81.7 Å². The van der Waals surface area contributed by atoms with Gasteiger partial charge in [0.2, 0.25) is 11.8 Å². The lowest BCUT2D eigenvalue weighted by molar-refractivity contribution is 0.462. The summed E-state index contributed by atoms with van der Waals surface area (Å²) < 4.78 is 8.33. The van der Waals surface area contributed by atoms with Gasteiger partial charge in [0.1, 0.15) is 0 Å². The minimum absolute atomic E-state index is 0.510. The van der Waals surface area contributed by atoms with Crippen LogP contribution in [0.4, 0.5) is 0 Å². The average molecular weight is 349 g/mol. The van der Waals surface area contributed by atoms with Gasteiger partial charge in [-0.3, -0.25) is 4.68 Å². The first-order valence-electron chi connectivity index (χ1n) is 6.45. The molecule has 3 rings (SSSR count). The first-order chi connectivity index (χ1) is 10.3. The lowest BCUT2D eigenvalue weighted by Gasteiger charge is -2.01. The zero-order valence-corrected chi connectivity index (χ0v) is 12.7. The number of benzene rings is 1. The standard InChI is InChI=1S/C13H13BrN6O/c14-11-4-2-1-3-10(11)13-18-17-12(21-13)9-15-5-7-20-8-6-16-19-20/h1-4,6,8,15H,5,7,9H2. The Hall–Kier alpha value is -2.06. The van der Waals surface area contributed by atoms with Gasteiger partial charge in [-0.05, 0) is 28.1 Å². The molecule has 2 heterocycles. The van der Waals surface area contributed by atoms with Crippen molar-refractivity contribution in [3.63, 3.8) is 0 Å². The summed E-state index contributed by atoms with van der Waals surface area (Å²) in [7, 11) is 0. The van der Waals surface area contributed by atoms with Gasteiger partial charge in [0, 0.05) is 17.2 Å². The molecule has 0 saturated carbocycles. The molecule has 108 valence electrons. The van der Waals surface area contributed by atoms with Gasteiger partial charge in [-0.25, -0.2) is 0 Å². The van der Waals surface area contributed by atoms with Crippen molar-refractivity contribution in [3.8, 4) is 11.5 Å². The Morgan fingerprint density at radius 3 is 2.95 bits per heavy atom. The molecule has 0 radical (unpaired) electrons. The second-order valence-corrected chi connectivity index (χ2v) is 5.18. The highest BCUT2D eigenvalue weighted by Crippen LogP contribution is 2.26. The van der Waals surface area contributed by atoms with Crippen LogP contribution in [0, 0.1) is 0 Å². The Kier molecular flexibility index (Phi) is 4.37. The lowest BCUT2D eigenvalue weighted by atomic mass is 10.2. The Bertz CT molecular complexity index is 696. The molecule has 0 bridgehead atoms. The lowest BCUT2D eigenvalue weighted by Crippen LogP contribution is -2.20. The predicted molar refractivity (Wildman–Crippen MR) is 79.2 cm³/mol. The number of halogens is 1. The van der Waals surface area contributed by atoms with Crippen LogP contribution in [0.5, 0.6) is 0 Å². The number of aromatic nitrogens is 5. The van der Waals surface area contributed by atoms with Gasteiger partial charge in [-0.2, -0.15) is 0 Å². The van der Waals surface area contributed by atoms with E-state index < -0.39 is 0 Å². The Morgan fingerprint density at radius 1 is 1.24 bits per heavy atom. The third-order valence-corrected chi connectivity index (χ3v) is 3.53. The van der Waals surface area contributed by atoms with Gasteiger partial charge in [-0.1, -0.05) is 17.3 Å². The largest absolute Gasteiger partial charge is 0.419 e. The van der Waals surface area contributed by atoms with E-state index in [0.717, 1.165) is 23.1 Å². The van der Waals surface area contributed by atoms with E-state index in [-0.39, 0.29) is 0 Å². The maximum Gasteiger partial charge on any atom is 0.248 e. The van der Waals surface area contributed by atoms with Crippen molar-refractivity contribution in [3.05, 3.63) is 47.0 Å². The molecule has 1 aromatic carbocycles. The summed E-state index contributed by atoms with van der Waals surface area (Å²) in [5.74, 6) is 1.06. The molecule has 0 spiro atoms. The van der Waals surface area contributed by atoms with Crippen LogP contribution in [0.25, 0.3) is 11.5 Å². The summed E-state index contributed by atoms with van der Waals surface area (Å²) in [6, 6.07) is 7.74. The van der Waals surface area contributed by atoms with Crippen molar-refractivity contribution in [2.75, 3.05) is 6.54 Å². The SMILES string of the molecule is Brc1ccccc1-c1nnc(CNCCn2ccnn2)o1. The molecule has 8 heteroatoms. The van der Waals surface area contributed by atoms with Crippen LogP contribution in [0.15, 0.2) is 45.5 Å². The quantitative estimate of drug-likeness (QED) is 0.685. The third-order valence-electron chi connectivity index (χ3n) is 2.84.